The van der Waals surface area contributed by atoms with Crippen LogP contribution in [0.25, 0.3) is 0 Å². The van der Waals surface area contributed by atoms with Crippen molar-refractivity contribution in [2.45, 2.75) is 64.4 Å². The van der Waals surface area contributed by atoms with Crippen molar-refractivity contribution in [3.63, 3.8) is 0 Å². The Morgan fingerprint density at radius 2 is 1.95 bits per heavy atom. The van der Waals surface area contributed by atoms with E-state index in [1.54, 1.807) is 0 Å². The van der Waals surface area contributed by atoms with E-state index in [0.29, 0.717) is 13.2 Å². The average molecular weight is 273 g/mol. The Bertz CT molecular complexity index is 287. The highest BCUT2D eigenvalue weighted by molar-refractivity contribution is 5.80. The Kier molecular flexibility index (Phi) is 6.23. The van der Waals surface area contributed by atoms with E-state index in [1.165, 1.54) is 7.11 Å². The molecule has 1 N–H and O–H groups in total. The first-order chi connectivity index (χ1) is 8.91. The molecule has 112 valence electrons. The molecule has 1 aliphatic rings. The topological polar surface area (TPSA) is 56.8 Å². The number of esters is 1. The quantitative estimate of drug-likeness (QED) is 0.743. The third-order valence-corrected chi connectivity index (χ3v) is 3.46. The molecule has 3 atom stereocenters. The second-order valence-corrected chi connectivity index (χ2v) is 5.52. The Morgan fingerprint density at radius 1 is 1.37 bits per heavy atom. The van der Waals surface area contributed by atoms with Crippen LogP contribution in [-0.4, -0.2) is 50.1 Å². The van der Waals surface area contributed by atoms with Gasteiger partial charge in [0.1, 0.15) is 5.54 Å². The number of carbonyl (C=O) groups is 1. The molecule has 3 unspecified atom stereocenters. The Morgan fingerprint density at radius 3 is 2.42 bits per heavy atom. The van der Waals surface area contributed by atoms with Crippen LogP contribution in [0.2, 0.25) is 0 Å². The van der Waals surface area contributed by atoms with E-state index in [-0.39, 0.29) is 24.3 Å². The minimum atomic E-state index is -0.783. The molecule has 1 aliphatic heterocycles. The van der Waals surface area contributed by atoms with E-state index < -0.39 is 5.54 Å². The van der Waals surface area contributed by atoms with Crippen molar-refractivity contribution >= 4 is 5.97 Å². The second kappa shape index (κ2) is 7.22. The highest BCUT2D eigenvalue weighted by Gasteiger charge is 2.35. The van der Waals surface area contributed by atoms with Crippen LogP contribution in [-0.2, 0) is 19.0 Å². The molecule has 1 rings (SSSR count). The molecule has 1 heterocycles. The molecule has 0 spiro atoms. The monoisotopic (exact) mass is 273 g/mol. The fourth-order valence-corrected chi connectivity index (χ4v) is 2.56. The van der Waals surface area contributed by atoms with Gasteiger partial charge in [-0.25, -0.2) is 4.79 Å². The zero-order valence-electron chi connectivity index (χ0n) is 12.7. The number of methoxy groups -OCH3 is 1. The highest BCUT2D eigenvalue weighted by atomic mass is 16.5. The molecule has 1 saturated heterocycles. The Hall–Kier alpha value is -0.650. The standard InChI is InChI=1S/C14H27NO4/c1-6-15-14(4,13(16)17-5)9-18-12-7-10(2)19-11(3)8-12/h10-12,15H,6-9H2,1-5H3. The molecular weight excluding hydrogens is 246 g/mol. The van der Waals surface area contributed by atoms with Crippen molar-refractivity contribution in [2.24, 2.45) is 0 Å². The number of rotatable bonds is 6. The average Bonchev–Trinajstić information content (AvgIpc) is 2.34. The number of carbonyl (C=O) groups excluding carboxylic acids is 1. The summed E-state index contributed by atoms with van der Waals surface area (Å²) < 4.78 is 16.4. The van der Waals surface area contributed by atoms with Crippen molar-refractivity contribution in [3.8, 4) is 0 Å². The molecule has 0 amide bonds. The molecule has 0 radical (unpaired) electrons. The molecule has 5 nitrogen and oxygen atoms in total. The van der Waals surface area contributed by atoms with Crippen molar-refractivity contribution in [3.05, 3.63) is 0 Å². The predicted molar refractivity (Wildman–Crippen MR) is 73.1 cm³/mol. The fraction of sp³-hybridized carbons (Fsp3) is 0.929. The largest absolute Gasteiger partial charge is 0.468 e. The number of hydrogen-bond donors (Lipinski definition) is 1. The number of ether oxygens (including phenoxy) is 3. The first-order valence-corrected chi connectivity index (χ1v) is 7.01. The summed E-state index contributed by atoms with van der Waals surface area (Å²) in [5.74, 6) is -0.289. The summed E-state index contributed by atoms with van der Waals surface area (Å²) in [5.41, 5.74) is -0.783. The van der Waals surface area contributed by atoms with Crippen LogP contribution < -0.4 is 5.32 Å². The third kappa shape index (κ3) is 4.75. The van der Waals surface area contributed by atoms with Gasteiger partial charge in [-0.05, 0) is 40.2 Å². The SMILES string of the molecule is CCNC(C)(COC1CC(C)OC(C)C1)C(=O)OC. The van der Waals surface area contributed by atoms with Crippen molar-refractivity contribution in [1.82, 2.24) is 5.32 Å². The molecular formula is C14H27NO4. The van der Waals surface area contributed by atoms with Crippen LogP contribution in [0.15, 0.2) is 0 Å². The third-order valence-electron chi connectivity index (χ3n) is 3.46. The van der Waals surface area contributed by atoms with Gasteiger partial charge in [0.05, 0.1) is 32.0 Å². The summed E-state index contributed by atoms with van der Waals surface area (Å²) in [6.45, 7) is 8.88. The maximum Gasteiger partial charge on any atom is 0.328 e. The van der Waals surface area contributed by atoms with Gasteiger partial charge in [-0.1, -0.05) is 6.92 Å². The molecule has 0 aromatic heterocycles. The lowest BCUT2D eigenvalue weighted by Crippen LogP contribution is -2.54. The summed E-state index contributed by atoms with van der Waals surface area (Å²) in [5, 5.41) is 3.14. The molecule has 0 aromatic rings. The van der Waals surface area contributed by atoms with Crippen molar-refractivity contribution in [2.75, 3.05) is 20.3 Å². The van der Waals surface area contributed by atoms with Gasteiger partial charge in [-0.2, -0.15) is 0 Å². The first kappa shape index (κ1) is 16.4. The van der Waals surface area contributed by atoms with Crippen LogP contribution in [0.3, 0.4) is 0 Å². The van der Waals surface area contributed by atoms with Crippen molar-refractivity contribution in [1.29, 1.82) is 0 Å². The first-order valence-electron chi connectivity index (χ1n) is 7.01. The lowest BCUT2D eigenvalue weighted by Gasteiger charge is -2.35. The summed E-state index contributed by atoms with van der Waals surface area (Å²) >= 11 is 0. The molecule has 0 bridgehead atoms. The minimum absolute atomic E-state index is 0.140. The van der Waals surface area contributed by atoms with Gasteiger partial charge >= 0.3 is 5.97 Å². The van der Waals surface area contributed by atoms with Crippen LogP contribution in [0.1, 0.15) is 40.5 Å². The molecule has 5 heteroatoms. The summed E-state index contributed by atoms with van der Waals surface area (Å²) in [6.07, 6.45) is 2.29. The van der Waals surface area contributed by atoms with E-state index in [9.17, 15) is 4.79 Å². The number of nitrogens with one attached hydrogen (secondary N) is 1. The second-order valence-electron chi connectivity index (χ2n) is 5.52. The van der Waals surface area contributed by atoms with E-state index in [1.807, 2.05) is 13.8 Å². The Balaban J connectivity index is 2.54. The zero-order chi connectivity index (χ0) is 14.5. The number of hydrogen-bond acceptors (Lipinski definition) is 5. The summed E-state index contributed by atoms with van der Waals surface area (Å²) in [7, 11) is 1.40. The highest BCUT2D eigenvalue weighted by Crippen LogP contribution is 2.22. The molecule has 19 heavy (non-hydrogen) atoms. The maximum absolute atomic E-state index is 11.8. The molecule has 0 aromatic carbocycles. The minimum Gasteiger partial charge on any atom is -0.468 e. The van der Waals surface area contributed by atoms with E-state index in [0.717, 1.165) is 12.8 Å². The Labute approximate surface area is 116 Å². The van der Waals surface area contributed by atoms with Gasteiger partial charge in [0.2, 0.25) is 0 Å². The maximum atomic E-state index is 11.8. The zero-order valence-corrected chi connectivity index (χ0v) is 12.7. The van der Waals surface area contributed by atoms with Crippen LogP contribution in [0.5, 0.6) is 0 Å². The van der Waals surface area contributed by atoms with Crippen LogP contribution >= 0.6 is 0 Å². The lowest BCUT2D eigenvalue weighted by molar-refractivity contribution is -0.155. The smallest absolute Gasteiger partial charge is 0.328 e. The van der Waals surface area contributed by atoms with Gasteiger partial charge in [-0.3, -0.25) is 0 Å². The molecule has 0 saturated carbocycles. The van der Waals surface area contributed by atoms with Gasteiger partial charge < -0.3 is 19.5 Å². The van der Waals surface area contributed by atoms with Crippen molar-refractivity contribution < 1.29 is 19.0 Å². The normalized spacial score (nSPS) is 30.7. The van der Waals surface area contributed by atoms with E-state index >= 15 is 0 Å². The van der Waals surface area contributed by atoms with E-state index in [4.69, 9.17) is 14.2 Å². The number of likely N-dealkylation sites (N-methyl/N-ethyl adjacent to an activating group) is 1. The summed E-state index contributed by atoms with van der Waals surface area (Å²) in [4.78, 5) is 11.8. The van der Waals surface area contributed by atoms with Gasteiger partial charge in [0, 0.05) is 0 Å². The lowest BCUT2D eigenvalue weighted by atomic mass is 10.0. The predicted octanol–water partition coefficient (Wildman–Crippen LogP) is 1.50. The molecule has 1 fully saturated rings. The van der Waals surface area contributed by atoms with Gasteiger partial charge in [0.15, 0.2) is 0 Å². The summed E-state index contributed by atoms with van der Waals surface area (Å²) in [6, 6.07) is 0. The van der Waals surface area contributed by atoms with Crippen LogP contribution in [0, 0.1) is 0 Å². The molecule has 0 aliphatic carbocycles. The van der Waals surface area contributed by atoms with Crippen LogP contribution in [0.4, 0.5) is 0 Å². The van der Waals surface area contributed by atoms with Gasteiger partial charge in [0.25, 0.3) is 0 Å². The van der Waals surface area contributed by atoms with E-state index in [2.05, 4.69) is 19.2 Å². The fourth-order valence-electron chi connectivity index (χ4n) is 2.56. The van der Waals surface area contributed by atoms with Gasteiger partial charge in [-0.15, -0.1) is 0 Å².